The van der Waals surface area contributed by atoms with Crippen LogP contribution in [0.5, 0.6) is 0 Å². The minimum absolute atomic E-state index is 0.0570. The first kappa shape index (κ1) is 15.1. The van der Waals surface area contributed by atoms with Gasteiger partial charge in [-0.2, -0.15) is 5.26 Å². The van der Waals surface area contributed by atoms with E-state index in [2.05, 4.69) is 6.07 Å². The van der Waals surface area contributed by atoms with Crippen LogP contribution < -0.4 is 0 Å². The Kier molecular flexibility index (Phi) is 4.97. The Bertz CT molecular complexity index is 674. The van der Waals surface area contributed by atoms with Crippen molar-refractivity contribution >= 4 is 17.5 Å². The van der Waals surface area contributed by atoms with Crippen LogP contribution in [0.3, 0.4) is 0 Å². The number of benzene rings is 2. The van der Waals surface area contributed by atoms with E-state index in [0.29, 0.717) is 23.6 Å². The van der Waals surface area contributed by atoms with Crippen molar-refractivity contribution in [2.75, 3.05) is 7.05 Å². The average Bonchev–Trinajstić information content (AvgIpc) is 2.54. The molecule has 106 valence electrons. The van der Waals surface area contributed by atoms with Crippen LogP contribution in [-0.4, -0.2) is 17.9 Å². The highest BCUT2D eigenvalue weighted by Gasteiger charge is 2.12. The fourth-order valence-corrected chi connectivity index (χ4v) is 2.22. The Hall–Kier alpha value is -2.31. The van der Waals surface area contributed by atoms with Gasteiger partial charge in [-0.3, -0.25) is 4.79 Å². The van der Waals surface area contributed by atoms with E-state index in [-0.39, 0.29) is 5.91 Å². The van der Waals surface area contributed by atoms with Gasteiger partial charge in [0.2, 0.25) is 0 Å². The van der Waals surface area contributed by atoms with Gasteiger partial charge in [-0.05, 0) is 35.4 Å². The van der Waals surface area contributed by atoms with Gasteiger partial charge in [0.1, 0.15) is 0 Å². The third-order valence-corrected chi connectivity index (χ3v) is 3.49. The monoisotopic (exact) mass is 298 g/mol. The van der Waals surface area contributed by atoms with Crippen molar-refractivity contribution in [3.63, 3.8) is 0 Å². The summed E-state index contributed by atoms with van der Waals surface area (Å²) in [5.74, 6) is 0.379. The molecule has 0 spiro atoms. The van der Waals surface area contributed by atoms with E-state index in [1.165, 1.54) is 0 Å². The number of hydrogen-bond acceptors (Lipinski definition) is 2. The smallest absolute Gasteiger partial charge is 0.253 e. The van der Waals surface area contributed by atoms with Crippen molar-refractivity contribution < 1.29 is 4.79 Å². The zero-order valence-corrected chi connectivity index (χ0v) is 12.5. The van der Waals surface area contributed by atoms with Gasteiger partial charge in [0.15, 0.2) is 0 Å². The summed E-state index contributed by atoms with van der Waals surface area (Å²) in [6, 6.07) is 16.6. The van der Waals surface area contributed by atoms with Crippen LogP contribution in [0.4, 0.5) is 0 Å². The molecule has 0 saturated carbocycles. The third kappa shape index (κ3) is 3.84. The Labute approximate surface area is 129 Å². The van der Waals surface area contributed by atoms with E-state index in [9.17, 15) is 4.79 Å². The second-order valence-corrected chi connectivity index (χ2v) is 5.07. The van der Waals surface area contributed by atoms with Crippen molar-refractivity contribution in [2.24, 2.45) is 0 Å². The number of alkyl halides is 1. The molecule has 0 fully saturated rings. The van der Waals surface area contributed by atoms with E-state index in [4.69, 9.17) is 16.9 Å². The van der Waals surface area contributed by atoms with Crippen molar-refractivity contribution in [1.82, 2.24) is 4.90 Å². The fraction of sp³-hybridized carbons (Fsp3) is 0.176. The van der Waals surface area contributed by atoms with Gasteiger partial charge in [-0.15, -0.1) is 11.6 Å². The largest absolute Gasteiger partial charge is 0.337 e. The first-order valence-corrected chi connectivity index (χ1v) is 7.07. The van der Waals surface area contributed by atoms with Crippen LogP contribution in [0, 0.1) is 11.3 Å². The number of carbonyl (C=O) groups excluding carboxylic acids is 1. The van der Waals surface area contributed by atoms with Gasteiger partial charge >= 0.3 is 0 Å². The predicted molar refractivity (Wildman–Crippen MR) is 83.0 cm³/mol. The molecule has 2 rings (SSSR count). The van der Waals surface area contributed by atoms with Crippen LogP contribution in [0.2, 0.25) is 0 Å². The lowest BCUT2D eigenvalue weighted by molar-refractivity contribution is 0.0785. The number of hydrogen-bond donors (Lipinski definition) is 0. The summed E-state index contributed by atoms with van der Waals surface area (Å²) in [7, 11) is 1.75. The molecule has 0 aliphatic rings. The number of nitriles is 1. The molecule has 2 aromatic rings. The highest BCUT2D eigenvalue weighted by atomic mass is 35.5. The van der Waals surface area contributed by atoms with Crippen molar-refractivity contribution in [3.05, 3.63) is 70.8 Å². The van der Waals surface area contributed by atoms with Crippen LogP contribution in [0.25, 0.3) is 0 Å². The maximum Gasteiger partial charge on any atom is 0.253 e. The number of carbonyl (C=O) groups is 1. The minimum Gasteiger partial charge on any atom is -0.337 e. The Morgan fingerprint density at radius 2 is 1.90 bits per heavy atom. The fourth-order valence-electron chi connectivity index (χ4n) is 2.04. The number of halogens is 1. The molecular formula is C17H15ClN2O. The summed E-state index contributed by atoms with van der Waals surface area (Å²) < 4.78 is 0. The summed E-state index contributed by atoms with van der Waals surface area (Å²) in [6.45, 7) is 0.464. The topological polar surface area (TPSA) is 44.1 Å². The summed E-state index contributed by atoms with van der Waals surface area (Å²) in [4.78, 5) is 14.0. The standard InChI is InChI=1S/C17H15ClN2O/c1-20(12-15-4-2-3-14(9-15)11-19)17(21)16-7-5-13(10-18)6-8-16/h2-9H,10,12H2,1H3. The molecule has 0 aliphatic carbocycles. The molecule has 0 heterocycles. The lowest BCUT2D eigenvalue weighted by atomic mass is 10.1. The summed E-state index contributed by atoms with van der Waals surface area (Å²) in [6.07, 6.45) is 0. The predicted octanol–water partition coefficient (Wildman–Crippen LogP) is 3.57. The van der Waals surface area contributed by atoms with Gasteiger partial charge < -0.3 is 4.90 Å². The summed E-state index contributed by atoms with van der Waals surface area (Å²) in [5.41, 5.74) is 3.14. The van der Waals surface area contributed by atoms with Crippen molar-refractivity contribution in [3.8, 4) is 6.07 Å². The van der Waals surface area contributed by atoms with E-state index < -0.39 is 0 Å². The average molecular weight is 299 g/mol. The van der Waals surface area contributed by atoms with Crippen LogP contribution in [0.1, 0.15) is 27.0 Å². The molecule has 0 unspecified atom stereocenters. The summed E-state index contributed by atoms with van der Waals surface area (Å²) >= 11 is 5.74. The highest BCUT2D eigenvalue weighted by molar-refractivity contribution is 6.17. The van der Waals surface area contributed by atoms with Crippen LogP contribution >= 0.6 is 11.6 Å². The van der Waals surface area contributed by atoms with Crippen molar-refractivity contribution in [2.45, 2.75) is 12.4 Å². The number of rotatable bonds is 4. The van der Waals surface area contributed by atoms with E-state index >= 15 is 0 Å². The van der Waals surface area contributed by atoms with Gasteiger partial charge in [0.25, 0.3) is 5.91 Å². The number of amides is 1. The third-order valence-electron chi connectivity index (χ3n) is 3.18. The van der Waals surface area contributed by atoms with Gasteiger partial charge in [0, 0.05) is 25.0 Å². The molecule has 0 aliphatic heterocycles. The Balaban J connectivity index is 2.09. The molecule has 0 aromatic heterocycles. The zero-order valence-electron chi connectivity index (χ0n) is 11.7. The second-order valence-electron chi connectivity index (χ2n) is 4.80. The molecule has 0 radical (unpaired) electrons. The molecule has 1 amide bonds. The van der Waals surface area contributed by atoms with E-state index in [1.54, 1.807) is 36.2 Å². The molecular weight excluding hydrogens is 284 g/mol. The van der Waals surface area contributed by atoms with Crippen LogP contribution in [0.15, 0.2) is 48.5 Å². The quantitative estimate of drug-likeness (QED) is 0.810. The molecule has 0 atom stereocenters. The molecule has 0 saturated heterocycles. The first-order valence-electron chi connectivity index (χ1n) is 6.53. The Morgan fingerprint density at radius 1 is 1.19 bits per heavy atom. The maximum absolute atomic E-state index is 12.3. The van der Waals surface area contributed by atoms with Gasteiger partial charge in [0.05, 0.1) is 11.6 Å². The first-order chi connectivity index (χ1) is 10.1. The van der Waals surface area contributed by atoms with Crippen LogP contribution in [-0.2, 0) is 12.4 Å². The normalized spacial score (nSPS) is 9.95. The zero-order chi connectivity index (χ0) is 15.2. The molecule has 0 N–H and O–H groups in total. The Morgan fingerprint density at radius 3 is 2.52 bits per heavy atom. The molecule has 21 heavy (non-hydrogen) atoms. The highest BCUT2D eigenvalue weighted by Crippen LogP contribution is 2.12. The lowest BCUT2D eigenvalue weighted by Crippen LogP contribution is -2.26. The molecule has 3 nitrogen and oxygen atoms in total. The number of nitrogens with zero attached hydrogens (tertiary/aromatic N) is 2. The van der Waals surface area contributed by atoms with E-state index in [0.717, 1.165) is 11.1 Å². The summed E-state index contributed by atoms with van der Waals surface area (Å²) in [5, 5.41) is 8.89. The SMILES string of the molecule is CN(Cc1cccc(C#N)c1)C(=O)c1ccc(CCl)cc1. The molecule has 4 heteroatoms. The molecule has 0 bridgehead atoms. The maximum atomic E-state index is 12.3. The second kappa shape index (κ2) is 6.92. The van der Waals surface area contributed by atoms with E-state index in [1.807, 2.05) is 24.3 Å². The minimum atomic E-state index is -0.0570. The van der Waals surface area contributed by atoms with Crippen molar-refractivity contribution in [1.29, 1.82) is 5.26 Å². The van der Waals surface area contributed by atoms with Gasteiger partial charge in [-0.25, -0.2) is 0 Å². The molecule has 2 aromatic carbocycles. The van der Waals surface area contributed by atoms with Gasteiger partial charge in [-0.1, -0.05) is 24.3 Å². The lowest BCUT2D eigenvalue weighted by Gasteiger charge is -2.17.